The fraction of sp³-hybridized carbons (Fsp3) is 0.464. The van der Waals surface area contributed by atoms with Gasteiger partial charge in [0, 0.05) is 37.8 Å². The van der Waals surface area contributed by atoms with Crippen LogP contribution in [0.5, 0.6) is 0 Å². The average molecular weight is 529 g/mol. The number of nitrogens with one attached hydrogen (secondary N) is 2. The Bertz CT molecular complexity index is 1400. The predicted octanol–water partition coefficient (Wildman–Crippen LogP) is 4.74. The van der Waals surface area contributed by atoms with Crippen LogP contribution in [0, 0.1) is 11.2 Å². The molecule has 0 saturated carbocycles. The molecule has 0 aliphatic carbocycles. The SMILES string of the molecule is CCS(=O)(=O)N1CCC(c2c[nH]c3c(C(N)=O)cc(-c4cc(F)cc(CNCC(C)(C)C)c4)cc23)CC1. The first kappa shape index (κ1) is 27.3. The number of H-pyrrole nitrogens is 1. The van der Waals surface area contributed by atoms with Crippen molar-refractivity contribution >= 4 is 26.8 Å². The quantitative estimate of drug-likeness (QED) is 0.392. The molecule has 2 aromatic carbocycles. The van der Waals surface area contributed by atoms with Gasteiger partial charge < -0.3 is 16.0 Å². The zero-order chi connectivity index (χ0) is 27.0. The molecule has 1 aliphatic rings. The first-order chi connectivity index (χ1) is 17.4. The molecule has 1 fully saturated rings. The maximum Gasteiger partial charge on any atom is 0.250 e. The van der Waals surface area contributed by atoms with Crippen LogP contribution in [0.4, 0.5) is 4.39 Å². The van der Waals surface area contributed by atoms with E-state index in [9.17, 15) is 17.6 Å². The molecule has 0 unspecified atom stereocenters. The Balaban J connectivity index is 1.68. The number of aromatic amines is 1. The van der Waals surface area contributed by atoms with E-state index in [0.717, 1.165) is 23.1 Å². The van der Waals surface area contributed by atoms with Crippen LogP contribution in [0.15, 0.2) is 36.5 Å². The third kappa shape index (κ3) is 6.22. The van der Waals surface area contributed by atoms with Gasteiger partial charge in [-0.3, -0.25) is 4.79 Å². The number of piperidine rings is 1. The molecule has 4 rings (SSSR count). The highest BCUT2D eigenvalue weighted by atomic mass is 32.2. The number of aromatic nitrogens is 1. The molecule has 7 nitrogen and oxygen atoms in total. The number of hydrogen-bond donors (Lipinski definition) is 3. The third-order valence-corrected chi connectivity index (χ3v) is 8.90. The Kier molecular flexibility index (Phi) is 7.78. The minimum Gasteiger partial charge on any atom is -0.366 e. The lowest BCUT2D eigenvalue weighted by Gasteiger charge is -2.31. The number of nitrogens with zero attached hydrogens (tertiary/aromatic N) is 1. The van der Waals surface area contributed by atoms with Crippen LogP contribution in [0.1, 0.15) is 67.9 Å². The number of fused-ring (bicyclic) bond motifs is 1. The molecule has 4 N–H and O–H groups in total. The number of benzene rings is 2. The predicted molar refractivity (Wildman–Crippen MR) is 146 cm³/mol. The van der Waals surface area contributed by atoms with Crippen molar-refractivity contribution < 1.29 is 17.6 Å². The fourth-order valence-corrected chi connectivity index (χ4v) is 6.21. The van der Waals surface area contributed by atoms with Crippen molar-refractivity contribution in [3.63, 3.8) is 0 Å². The number of carbonyl (C=O) groups is 1. The average Bonchev–Trinajstić information content (AvgIpc) is 3.26. The molecule has 3 aromatic rings. The molecule has 1 amide bonds. The number of rotatable bonds is 8. The fourth-order valence-electron chi connectivity index (χ4n) is 5.08. The number of hydrogen-bond acceptors (Lipinski definition) is 4. The minimum absolute atomic E-state index is 0.0947. The van der Waals surface area contributed by atoms with E-state index in [1.54, 1.807) is 17.3 Å². The molecule has 0 atom stereocenters. The lowest BCUT2D eigenvalue weighted by Crippen LogP contribution is -2.38. The number of amides is 1. The topological polar surface area (TPSA) is 108 Å². The summed E-state index contributed by atoms with van der Waals surface area (Å²) in [5, 5.41) is 4.24. The van der Waals surface area contributed by atoms with Crippen LogP contribution in [-0.4, -0.2) is 49.0 Å². The van der Waals surface area contributed by atoms with Crippen LogP contribution >= 0.6 is 0 Å². The van der Waals surface area contributed by atoms with Crippen molar-refractivity contribution in [3.8, 4) is 11.1 Å². The molecular weight excluding hydrogens is 491 g/mol. The van der Waals surface area contributed by atoms with Gasteiger partial charge in [-0.05, 0) is 83.7 Å². The molecule has 200 valence electrons. The zero-order valence-electron chi connectivity index (χ0n) is 22.0. The Labute approximate surface area is 218 Å². The second kappa shape index (κ2) is 10.6. The second-order valence-electron chi connectivity index (χ2n) is 11.1. The standard InChI is InChI=1S/C28H37FN4O3S/c1-5-37(35,36)33-8-6-19(7-9-33)25-16-32-26-23(25)13-21(14-24(26)27(30)34)20-10-18(11-22(29)12-20)15-31-17-28(2,3)4/h10-14,16,19,31-32H,5-9,15,17H2,1-4H3,(H2,30,34). The molecule has 37 heavy (non-hydrogen) atoms. The van der Waals surface area contributed by atoms with Crippen LogP contribution in [0.2, 0.25) is 0 Å². The molecule has 9 heteroatoms. The molecule has 1 saturated heterocycles. The minimum atomic E-state index is -3.22. The van der Waals surface area contributed by atoms with E-state index in [1.807, 2.05) is 18.3 Å². The summed E-state index contributed by atoms with van der Waals surface area (Å²) in [6.07, 6.45) is 3.26. The Morgan fingerprint density at radius 3 is 2.43 bits per heavy atom. The summed E-state index contributed by atoms with van der Waals surface area (Å²) < 4.78 is 40.8. The van der Waals surface area contributed by atoms with Crippen molar-refractivity contribution in [2.45, 2.75) is 53.0 Å². The van der Waals surface area contributed by atoms with Crippen LogP contribution in [-0.2, 0) is 16.6 Å². The lowest BCUT2D eigenvalue weighted by atomic mass is 9.88. The van der Waals surface area contributed by atoms with Gasteiger partial charge in [-0.2, -0.15) is 0 Å². The van der Waals surface area contributed by atoms with Crippen molar-refractivity contribution in [2.75, 3.05) is 25.4 Å². The number of sulfonamides is 1. The molecule has 0 bridgehead atoms. The number of primary amides is 1. The lowest BCUT2D eigenvalue weighted by molar-refractivity contribution is 0.100. The van der Waals surface area contributed by atoms with Crippen LogP contribution in [0.25, 0.3) is 22.0 Å². The summed E-state index contributed by atoms with van der Waals surface area (Å²) in [6.45, 7) is 10.3. The van der Waals surface area contributed by atoms with Gasteiger partial charge >= 0.3 is 0 Å². The van der Waals surface area contributed by atoms with Gasteiger partial charge in [0.1, 0.15) is 5.82 Å². The number of halogens is 1. The van der Waals surface area contributed by atoms with E-state index in [-0.39, 0.29) is 22.9 Å². The Morgan fingerprint density at radius 1 is 1.14 bits per heavy atom. The molecule has 2 heterocycles. The highest BCUT2D eigenvalue weighted by Crippen LogP contribution is 2.37. The summed E-state index contributed by atoms with van der Waals surface area (Å²) in [6, 6.07) is 8.61. The summed E-state index contributed by atoms with van der Waals surface area (Å²) in [4.78, 5) is 15.6. The zero-order valence-corrected chi connectivity index (χ0v) is 22.8. The van der Waals surface area contributed by atoms with E-state index in [0.29, 0.717) is 54.7 Å². The van der Waals surface area contributed by atoms with E-state index in [1.165, 1.54) is 12.1 Å². The van der Waals surface area contributed by atoms with E-state index in [4.69, 9.17) is 5.73 Å². The van der Waals surface area contributed by atoms with Gasteiger partial charge in [0.05, 0.1) is 16.8 Å². The van der Waals surface area contributed by atoms with Crippen LogP contribution < -0.4 is 11.1 Å². The summed E-state index contributed by atoms with van der Waals surface area (Å²) in [5.41, 5.74) is 10.1. The van der Waals surface area contributed by atoms with E-state index >= 15 is 0 Å². The maximum absolute atomic E-state index is 14.6. The smallest absolute Gasteiger partial charge is 0.250 e. The van der Waals surface area contributed by atoms with Crippen LogP contribution in [0.3, 0.4) is 0 Å². The van der Waals surface area contributed by atoms with Crippen molar-refractivity contribution in [1.29, 1.82) is 0 Å². The van der Waals surface area contributed by atoms with Gasteiger partial charge in [-0.15, -0.1) is 0 Å². The second-order valence-corrected chi connectivity index (χ2v) is 13.4. The number of nitrogens with two attached hydrogens (primary N) is 1. The van der Waals surface area contributed by atoms with Gasteiger partial charge in [-0.25, -0.2) is 17.1 Å². The molecular formula is C28H37FN4O3S. The normalized spacial score (nSPS) is 15.9. The largest absolute Gasteiger partial charge is 0.366 e. The highest BCUT2D eigenvalue weighted by Gasteiger charge is 2.29. The van der Waals surface area contributed by atoms with Gasteiger partial charge in [0.15, 0.2) is 0 Å². The Hall–Kier alpha value is -2.75. The summed E-state index contributed by atoms with van der Waals surface area (Å²) in [7, 11) is -3.22. The maximum atomic E-state index is 14.6. The molecule has 0 spiro atoms. The monoisotopic (exact) mass is 528 g/mol. The van der Waals surface area contributed by atoms with Crippen molar-refractivity contribution in [1.82, 2.24) is 14.6 Å². The first-order valence-electron chi connectivity index (χ1n) is 12.8. The van der Waals surface area contributed by atoms with Gasteiger partial charge in [0.25, 0.3) is 5.91 Å². The van der Waals surface area contributed by atoms with E-state index in [2.05, 4.69) is 31.1 Å². The summed E-state index contributed by atoms with van der Waals surface area (Å²) in [5.74, 6) is -0.674. The van der Waals surface area contributed by atoms with Crippen molar-refractivity contribution in [2.24, 2.45) is 11.1 Å². The first-order valence-corrected chi connectivity index (χ1v) is 14.4. The molecule has 1 aliphatic heterocycles. The van der Waals surface area contributed by atoms with E-state index < -0.39 is 15.9 Å². The van der Waals surface area contributed by atoms with Crippen molar-refractivity contribution in [3.05, 3.63) is 59.0 Å². The van der Waals surface area contributed by atoms with Gasteiger partial charge in [0.2, 0.25) is 10.0 Å². The number of carbonyl (C=O) groups excluding carboxylic acids is 1. The summed E-state index contributed by atoms with van der Waals surface area (Å²) >= 11 is 0. The Morgan fingerprint density at radius 2 is 1.81 bits per heavy atom. The molecule has 0 radical (unpaired) electrons. The van der Waals surface area contributed by atoms with Gasteiger partial charge in [-0.1, -0.05) is 20.8 Å². The third-order valence-electron chi connectivity index (χ3n) is 7.01. The highest BCUT2D eigenvalue weighted by molar-refractivity contribution is 7.89. The molecule has 1 aromatic heterocycles.